The first kappa shape index (κ1) is 22.8. The summed E-state index contributed by atoms with van der Waals surface area (Å²) < 4.78 is 32.5. The zero-order valence-corrected chi connectivity index (χ0v) is 18.4. The molecule has 1 fully saturated rings. The number of hydrogen-bond acceptors (Lipinski definition) is 5. The second-order valence-electron chi connectivity index (χ2n) is 7.47. The molecule has 1 aliphatic rings. The summed E-state index contributed by atoms with van der Waals surface area (Å²) in [5.74, 6) is -0.954. The fourth-order valence-electron chi connectivity index (χ4n) is 3.47. The molecule has 1 saturated heterocycles. The van der Waals surface area contributed by atoms with Gasteiger partial charge in [0.15, 0.2) is 0 Å². The number of hydrogen-bond donors (Lipinski definition) is 2. The van der Waals surface area contributed by atoms with Gasteiger partial charge in [0.05, 0.1) is 12.0 Å². The highest BCUT2D eigenvalue weighted by atomic mass is 32.2. The lowest BCUT2D eigenvalue weighted by Gasteiger charge is -2.24. The van der Waals surface area contributed by atoms with Gasteiger partial charge < -0.3 is 15.4 Å². The normalized spacial score (nSPS) is 16.6. The van der Waals surface area contributed by atoms with Gasteiger partial charge in [0.1, 0.15) is 5.75 Å². The maximum Gasteiger partial charge on any atom is 0.309 e. The standard InChI is InChI=1S/C22H27N3O5S/c1-16-5-7-17(8-6-16)14-23-21(26)22(27)24-15-18-4-3-13-25(18)31(28,29)20-11-9-19(30-2)10-12-20/h5-12,18H,3-4,13-15H2,1-2H3,(H,23,26)(H,24,27)/t18-/m0/s1. The number of amides is 2. The molecule has 0 saturated carbocycles. The number of nitrogens with one attached hydrogen (secondary N) is 2. The summed E-state index contributed by atoms with van der Waals surface area (Å²) in [5.41, 5.74) is 2.00. The third kappa shape index (κ3) is 5.62. The lowest BCUT2D eigenvalue weighted by atomic mass is 10.1. The predicted molar refractivity (Wildman–Crippen MR) is 116 cm³/mol. The molecule has 0 unspecified atom stereocenters. The number of rotatable bonds is 7. The van der Waals surface area contributed by atoms with Gasteiger partial charge in [-0.05, 0) is 49.6 Å². The number of benzene rings is 2. The molecule has 0 aliphatic carbocycles. The molecule has 2 amide bonds. The van der Waals surface area contributed by atoms with Gasteiger partial charge in [-0.15, -0.1) is 0 Å². The summed E-state index contributed by atoms with van der Waals surface area (Å²) in [4.78, 5) is 24.4. The molecular formula is C22H27N3O5S. The van der Waals surface area contributed by atoms with Gasteiger partial charge in [-0.3, -0.25) is 9.59 Å². The quantitative estimate of drug-likeness (QED) is 0.630. The Morgan fingerprint density at radius 1 is 1.03 bits per heavy atom. The lowest BCUT2D eigenvalue weighted by Crippen LogP contribution is -2.46. The van der Waals surface area contributed by atoms with Crippen molar-refractivity contribution in [3.05, 3.63) is 59.7 Å². The smallest absolute Gasteiger partial charge is 0.309 e. The van der Waals surface area contributed by atoms with E-state index in [0.29, 0.717) is 25.1 Å². The molecule has 9 heteroatoms. The Morgan fingerprint density at radius 3 is 2.32 bits per heavy atom. The molecular weight excluding hydrogens is 418 g/mol. The highest BCUT2D eigenvalue weighted by molar-refractivity contribution is 7.89. The lowest BCUT2D eigenvalue weighted by molar-refractivity contribution is -0.139. The molecule has 1 heterocycles. The minimum absolute atomic E-state index is 0.0756. The summed E-state index contributed by atoms with van der Waals surface area (Å²) in [6.45, 7) is 2.66. The molecule has 0 spiro atoms. The van der Waals surface area contributed by atoms with E-state index in [2.05, 4.69) is 10.6 Å². The third-order valence-corrected chi connectivity index (χ3v) is 7.23. The van der Waals surface area contributed by atoms with E-state index in [-0.39, 0.29) is 18.0 Å². The average molecular weight is 446 g/mol. The molecule has 8 nitrogen and oxygen atoms in total. The summed E-state index contributed by atoms with van der Waals surface area (Å²) >= 11 is 0. The molecule has 166 valence electrons. The van der Waals surface area contributed by atoms with Crippen molar-refractivity contribution < 1.29 is 22.7 Å². The van der Waals surface area contributed by atoms with E-state index in [1.54, 1.807) is 12.1 Å². The zero-order valence-electron chi connectivity index (χ0n) is 17.6. The van der Waals surface area contributed by atoms with Crippen LogP contribution < -0.4 is 15.4 Å². The zero-order chi connectivity index (χ0) is 22.4. The number of nitrogens with zero attached hydrogens (tertiary/aromatic N) is 1. The summed E-state index contributed by atoms with van der Waals surface area (Å²) in [5, 5.41) is 5.14. The van der Waals surface area contributed by atoms with Crippen LogP contribution in [0.1, 0.15) is 24.0 Å². The molecule has 2 aromatic carbocycles. The van der Waals surface area contributed by atoms with Crippen LogP contribution in [0.15, 0.2) is 53.4 Å². The van der Waals surface area contributed by atoms with Crippen LogP contribution in [-0.2, 0) is 26.2 Å². The summed E-state index contributed by atoms with van der Waals surface area (Å²) in [7, 11) is -2.19. The molecule has 2 aromatic rings. The van der Waals surface area contributed by atoms with Crippen LogP contribution in [0.3, 0.4) is 0 Å². The minimum atomic E-state index is -3.70. The number of carbonyl (C=O) groups excluding carboxylic acids is 2. The van der Waals surface area contributed by atoms with Crippen molar-refractivity contribution in [2.45, 2.75) is 37.2 Å². The minimum Gasteiger partial charge on any atom is -0.497 e. The van der Waals surface area contributed by atoms with E-state index in [4.69, 9.17) is 4.74 Å². The highest BCUT2D eigenvalue weighted by Gasteiger charge is 2.35. The summed E-state index contributed by atoms with van der Waals surface area (Å²) in [6, 6.07) is 13.4. The number of carbonyl (C=O) groups is 2. The Balaban J connectivity index is 1.55. The first-order valence-electron chi connectivity index (χ1n) is 10.1. The fraction of sp³-hybridized carbons (Fsp3) is 0.364. The Bertz CT molecular complexity index is 1020. The Morgan fingerprint density at radius 2 is 1.68 bits per heavy atom. The van der Waals surface area contributed by atoms with Crippen molar-refractivity contribution in [1.29, 1.82) is 0 Å². The van der Waals surface area contributed by atoms with Gasteiger partial charge in [-0.1, -0.05) is 29.8 Å². The van der Waals surface area contributed by atoms with Crippen molar-refractivity contribution >= 4 is 21.8 Å². The SMILES string of the molecule is COc1ccc(S(=O)(=O)N2CCC[C@H]2CNC(=O)C(=O)NCc2ccc(C)cc2)cc1. The first-order valence-corrected chi connectivity index (χ1v) is 11.5. The van der Waals surface area contributed by atoms with Gasteiger partial charge in [-0.2, -0.15) is 4.31 Å². The van der Waals surface area contributed by atoms with E-state index in [9.17, 15) is 18.0 Å². The largest absolute Gasteiger partial charge is 0.497 e. The van der Waals surface area contributed by atoms with Crippen molar-refractivity contribution in [2.75, 3.05) is 20.2 Å². The van der Waals surface area contributed by atoms with E-state index >= 15 is 0 Å². The molecule has 0 radical (unpaired) electrons. The molecule has 0 aromatic heterocycles. The van der Waals surface area contributed by atoms with Gasteiger partial charge in [-0.25, -0.2) is 8.42 Å². The molecule has 3 rings (SSSR count). The van der Waals surface area contributed by atoms with Crippen molar-refractivity contribution in [3.8, 4) is 5.75 Å². The van der Waals surface area contributed by atoms with E-state index in [1.165, 1.54) is 23.5 Å². The van der Waals surface area contributed by atoms with Crippen LogP contribution in [0.4, 0.5) is 0 Å². The predicted octanol–water partition coefficient (Wildman–Crippen LogP) is 1.59. The summed E-state index contributed by atoms with van der Waals surface area (Å²) in [6.07, 6.45) is 1.30. The first-order chi connectivity index (χ1) is 14.8. The molecule has 31 heavy (non-hydrogen) atoms. The second-order valence-corrected chi connectivity index (χ2v) is 9.36. The Kier molecular flexibility index (Phi) is 7.29. The third-order valence-electron chi connectivity index (χ3n) is 5.27. The van der Waals surface area contributed by atoms with Crippen molar-refractivity contribution in [2.24, 2.45) is 0 Å². The van der Waals surface area contributed by atoms with Gasteiger partial charge in [0.2, 0.25) is 10.0 Å². The average Bonchev–Trinajstić information content (AvgIpc) is 3.26. The van der Waals surface area contributed by atoms with Crippen LogP contribution in [-0.4, -0.2) is 50.8 Å². The second kappa shape index (κ2) is 9.93. The fourth-order valence-corrected chi connectivity index (χ4v) is 5.16. The molecule has 1 aliphatic heterocycles. The van der Waals surface area contributed by atoms with Crippen LogP contribution >= 0.6 is 0 Å². The van der Waals surface area contributed by atoms with Crippen molar-refractivity contribution in [3.63, 3.8) is 0 Å². The molecule has 2 N–H and O–H groups in total. The molecule has 0 bridgehead atoms. The monoisotopic (exact) mass is 445 g/mol. The molecule has 1 atom stereocenters. The number of sulfonamides is 1. The maximum atomic E-state index is 13.0. The van der Waals surface area contributed by atoms with Crippen LogP contribution in [0.5, 0.6) is 5.75 Å². The van der Waals surface area contributed by atoms with Gasteiger partial charge >= 0.3 is 11.8 Å². The Labute approximate surface area is 182 Å². The van der Waals surface area contributed by atoms with Gasteiger partial charge in [0, 0.05) is 25.7 Å². The number of methoxy groups -OCH3 is 1. The van der Waals surface area contributed by atoms with E-state index in [0.717, 1.165) is 11.1 Å². The highest BCUT2D eigenvalue weighted by Crippen LogP contribution is 2.26. The topological polar surface area (TPSA) is 105 Å². The van der Waals surface area contributed by atoms with Crippen LogP contribution in [0.25, 0.3) is 0 Å². The number of ether oxygens (including phenoxy) is 1. The maximum absolute atomic E-state index is 13.0. The van der Waals surface area contributed by atoms with Gasteiger partial charge in [0.25, 0.3) is 0 Å². The van der Waals surface area contributed by atoms with E-state index in [1.807, 2.05) is 31.2 Å². The van der Waals surface area contributed by atoms with Crippen molar-refractivity contribution in [1.82, 2.24) is 14.9 Å². The van der Waals surface area contributed by atoms with Crippen LogP contribution in [0.2, 0.25) is 0 Å². The van der Waals surface area contributed by atoms with Crippen LogP contribution in [0, 0.1) is 6.92 Å². The van der Waals surface area contributed by atoms with E-state index < -0.39 is 27.9 Å². The Hall–Kier alpha value is -2.91. The number of aryl methyl sites for hydroxylation is 1.